The van der Waals surface area contributed by atoms with Gasteiger partial charge in [0.2, 0.25) is 0 Å². The van der Waals surface area contributed by atoms with Crippen LogP contribution in [0.4, 0.5) is 9.59 Å². The van der Waals surface area contributed by atoms with E-state index < -0.39 is 53.5 Å². The number of carbonyl (C=O) groups excluding carboxylic acids is 3. The van der Waals surface area contributed by atoms with Crippen molar-refractivity contribution in [2.45, 2.75) is 111 Å². The molecule has 11 heteroatoms. The molecule has 1 aromatic rings. The third kappa shape index (κ3) is 11.1. The molecule has 1 aromatic carbocycles. The number of aliphatic carboxylic acids is 1. The average molecular weight is 554 g/mol. The van der Waals surface area contributed by atoms with Crippen molar-refractivity contribution >= 4 is 24.2 Å². The standard InChI is InChI=1S/C28H43NO10/c1-10-27(6,7)38-25(33)36-20-13-12-18(15-21(20)37-26(34)39-28(8,9)11-2)19(22(29)23(30)31)14-17(5)35-24(32)16(3)4/h12-13,15-17,19,22H,10-11,14,29H2,1-9H3,(H,30,31)/t17?,19?,22-/m0/s1. The number of hydrogen-bond donors (Lipinski definition) is 2. The van der Waals surface area contributed by atoms with Crippen molar-refractivity contribution in [1.29, 1.82) is 0 Å². The van der Waals surface area contributed by atoms with E-state index in [9.17, 15) is 24.3 Å². The van der Waals surface area contributed by atoms with Crippen LogP contribution in [0.5, 0.6) is 11.5 Å². The van der Waals surface area contributed by atoms with E-state index >= 15 is 0 Å². The highest BCUT2D eigenvalue weighted by molar-refractivity contribution is 5.75. The molecule has 0 heterocycles. The summed E-state index contributed by atoms with van der Waals surface area (Å²) in [5.41, 5.74) is 4.73. The molecule has 0 aliphatic rings. The molecule has 0 fully saturated rings. The maximum atomic E-state index is 12.6. The number of carbonyl (C=O) groups is 4. The molecular formula is C28H43NO10. The lowest BCUT2D eigenvalue weighted by Gasteiger charge is -2.26. The third-order valence-corrected chi connectivity index (χ3v) is 6.30. The summed E-state index contributed by atoms with van der Waals surface area (Å²) < 4.78 is 26.8. The maximum Gasteiger partial charge on any atom is 0.514 e. The molecular weight excluding hydrogens is 510 g/mol. The zero-order valence-electron chi connectivity index (χ0n) is 24.4. The predicted molar refractivity (Wildman–Crippen MR) is 143 cm³/mol. The van der Waals surface area contributed by atoms with Crippen LogP contribution in [-0.2, 0) is 23.8 Å². The fraction of sp³-hybridized carbons (Fsp3) is 0.643. The smallest absolute Gasteiger partial charge is 0.480 e. The maximum absolute atomic E-state index is 12.6. The Kier molecular flexibility index (Phi) is 12.2. The first kappa shape index (κ1) is 33.7. The van der Waals surface area contributed by atoms with Crippen molar-refractivity contribution in [2.24, 2.45) is 11.7 Å². The summed E-state index contributed by atoms with van der Waals surface area (Å²) >= 11 is 0. The Morgan fingerprint density at radius 3 is 1.79 bits per heavy atom. The minimum Gasteiger partial charge on any atom is -0.480 e. The highest BCUT2D eigenvalue weighted by Gasteiger charge is 2.31. The highest BCUT2D eigenvalue weighted by atomic mass is 16.8. The molecule has 0 spiro atoms. The van der Waals surface area contributed by atoms with Gasteiger partial charge in [-0.15, -0.1) is 0 Å². The van der Waals surface area contributed by atoms with Gasteiger partial charge >= 0.3 is 24.2 Å². The summed E-state index contributed by atoms with van der Waals surface area (Å²) in [6.07, 6.45) is -1.65. The Bertz CT molecular complexity index is 1020. The molecule has 1 rings (SSSR count). The summed E-state index contributed by atoms with van der Waals surface area (Å²) in [4.78, 5) is 48.9. The van der Waals surface area contributed by atoms with Crippen molar-refractivity contribution in [3.8, 4) is 11.5 Å². The first-order valence-corrected chi connectivity index (χ1v) is 13.1. The van der Waals surface area contributed by atoms with Crippen LogP contribution in [0.1, 0.15) is 93.1 Å². The second-order valence-electron chi connectivity index (χ2n) is 10.9. The second kappa shape index (κ2) is 14.2. The summed E-state index contributed by atoms with van der Waals surface area (Å²) in [7, 11) is 0. The van der Waals surface area contributed by atoms with Crippen molar-refractivity contribution in [3.05, 3.63) is 23.8 Å². The van der Waals surface area contributed by atoms with Crippen LogP contribution in [0, 0.1) is 5.92 Å². The van der Waals surface area contributed by atoms with Gasteiger partial charge in [0.25, 0.3) is 0 Å². The third-order valence-electron chi connectivity index (χ3n) is 6.30. The van der Waals surface area contributed by atoms with E-state index in [2.05, 4.69) is 0 Å². The predicted octanol–water partition coefficient (Wildman–Crippen LogP) is 5.57. The van der Waals surface area contributed by atoms with Crippen LogP contribution < -0.4 is 15.2 Å². The van der Waals surface area contributed by atoms with Gasteiger partial charge in [-0.1, -0.05) is 33.8 Å². The molecule has 0 aliphatic carbocycles. The Morgan fingerprint density at radius 2 is 1.36 bits per heavy atom. The first-order valence-electron chi connectivity index (χ1n) is 13.1. The van der Waals surface area contributed by atoms with Crippen LogP contribution in [0.2, 0.25) is 0 Å². The molecule has 11 nitrogen and oxygen atoms in total. The van der Waals surface area contributed by atoms with Gasteiger partial charge in [-0.2, -0.15) is 0 Å². The number of rotatable bonds is 13. The van der Waals surface area contributed by atoms with Crippen molar-refractivity contribution < 1.29 is 48.0 Å². The van der Waals surface area contributed by atoms with E-state index in [0.717, 1.165) is 0 Å². The number of esters is 1. The summed E-state index contributed by atoms with van der Waals surface area (Å²) in [5.74, 6) is -3.30. The molecule has 0 aromatic heterocycles. The zero-order chi connectivity index (χ0) is 30.1. The Balaban J connectivity index is 3.44. The van der Waals surface area contributed by atoms with Crippen LogP contribution in [0.15, 0.2) is 18.2 Å². The van der Waals surface area contributed by atoms with Gasteiger partial charge in [0.05, 0.1) is 12.0 Å². The number of hydrogen-bond acceptors (Lipinski definition) is 10. The normalized spacial score (nSPS) is 14.1. The van der Waals surface area contributed by atoms with Crippen LogP contribution in [0.25, 0.3) is 0 Å². The Labute approximate surface area is 230 Å². The SMILES string of the molecule is CCC(C)(C)OC(=O)Oc1ccc(C(CC(C)OC(=O)C(C)C)[C@H](N)C(=O)O)cc1OC(=O)OC(C)(C)CC. The van der Waals surface area contributed by atoms with Crippen molar-refractivity contribution in [3.63, 3.8) is 0 Å². The molecule has 39 heavy (non-hydrogen) atoms. The molecule has 0 saturated carbocycles. The summed E-state index contributed by atoms with van der Waals surface area (Å²) in [5, 5.41) is 9.65. The lowest BCUT2D eigenvalue weighted by molar-refractivity contribution is -0.152. The lowest BCUT2D eigenvalue weighted by Crippen LogP contribution is -2.38. The zero-order valence-corrected chi connectivity index (χ0v) is 24.4. The number of ether oxygens (including phenoxy) is 5. The van der Waals surface area contributed by atoms with Crippen LogP contribution in [0.3, 0.4) is 0 Å². The molecule has 0 aliphatic heterocycles. The highest BCUT2D eigenvalue weighted by Crippen LogP contribution is 2.35. The molecule has 3 atom stereocenters. The number of carboxylic acids is 1. The van der Waals surface area contributed by atoms with E-state index in [0.29, 0.717) is 18.4 Å². The molecule has 0 amide bonds. The second-order valence-corrected chi connectivity index (χ2v) is 10.9. The molecule has 220 valence electrons. The van der Waals surface area contributed by atoms with Crippen LogP contribution in [-0.4, -0.2) is 52.7 Å². The van der Waals surface area contributed by atoms with E-state index in [1.807, 2.05) is 13.8 Å². The monoisotopic (exact) mass is 553 g/mol. The largest absolute Gasteiger partial charge is 0.514 e. The van der Waals surface area contributed by atoms with Gasteiger partial charge in [0.15, 0.2) is 11.5 Å². The lowest BCUT2D eigenvalue weighted by atomic mass is 9.87. The van der Waals surface area contributed by atoms with Gasteiger partial charge < -0.3 is 34.5 Å². The molecule has 0 bridgehead atoms. The molecule has 0 saturated heterocycles. The average Bonchev–Trinajstić information content (AvgIpc) is 2.82. The molecule has 3 N–H and O–H groups in total. The fourth-order valence-corrected chi connectivity index (χ4v) is 3.14. The van der Waals surface area contributed by atoms with Gasteiger partial charge in [-0.25, -0.2) is 9.59 Å². The van der Waals surface area contributed by atoms with E-state index in [1.165, 1.54) is 18.2 Å². The fourth-order valence-electron chi connectivity index (χ4n) is 3.14. The van der Waals surface area contributed by atoms with Gasteiger partial charge in [0, 0.05) is 5.92 Å². The minimum absolute atomic E-state index is 0.0611. The van der Waals surface area contributed by atoms with Crippen molar-refractivity contribution in [2.75, 3.05) is 0 Å². The quantitative estimate of drug-likeness (QED) is 0.178. The number of nitrogens with two attached hydrogens (primary N) is 1. The topological polar surface area (TPSA) is 161 Å². The molecule has 2 unspecified atom stereocenters. The Morgan fingerprint density at radius 1 is 0.872 bits per heavy atom. The summed E-state index contributed by atoms with van der Waals surface area (Å²) in [6, 6.07) is 2.80. The van der Waals surface area contributed by atoms with Gasteiger partial charge in [-0.05, 0) is 71.6 Å². The molecule has 0 radical (unpaired) electrons. The number of benzene rings is 1. The summed E-state index contributed by atoms with van der Waals surface area (Å²) in [6.45, 7) is 15.5. The van der Waals surface area contributed by atoms with Gasteiger partial charge in [-0.3, -0.25) is 9.59 Å². The van der Waals surface area contributed by atoms with Gasteiger partial charge in [0.1, 0.15) is 17.2 Å². The Hall–Kier alpha value is -3.34. The first-order chi connectivity index (χ1) is 17.9. The number of carboxylic acid groups (broad SMARTS) is 1. The van der Waals surface area contributed by atoms with E-state index in [4.69, 9.17) is 29.4 Å². The van der Waals surface area contributed by atoms with E-state index in [-0.39, 0.29) is 23.8 Å². The van der Waals surface area contributed by atoms with Crippen molar-refractivity contribution in [1.82, 2.24) is 0 Å². The van der Waals surface area contributed by atoms with E-state index in [1.54, 1.807) is 48.5 Å². The van der Waals surface area contributed by atoms with Crippen LogP contribution >= 0.6 is 0 Å². The minimum atomic E-state index is -1.38.